The highest BCUT2D eigenvalue weighted by Crippen LogP contribution is 2.44. The highest BCUT2D eigenvalue weighted by Gasteiger charge is 2.32. The minimum atomic E-state index is -0.139. The van der Waals surface area contributed by atoms with Crippen LogP contribution in [0.25, 0.3) is 11.6 Å². The van der Waals surface area contributed by atoms with Gasteiger partial charge >= 0.3 is 0 Å². The van der Waals surface area contributed by atoms with Crippen molar-refractivity contribution in [2.75, 3.05) is 0 Å². The minimum Gasteiger partial charge on any atom is -0.150 e. The predicted octanol–water partition coefficient (Wildman–Crippen LogP) is 5.20. The highest BCUT2D eigenvalue weighted by molar-refractivity contribution is 5.76. The van der Waals surface area contributed by atoms with E-state index in [1.807, 2.05) is 6.08 Å². The van der Waals surface area contributed by atoms with E-state index in [0.29, 0.717) is 5.92 Å². The monoisotopic (exact) mass is 267 g/mol. The molecule has 2 aliphatic rings. The third-order valence-electron chi connectivity index (χ3n) is 4.80. The summed E-state index contributed by atoms with van der Waals surface area (Å²) in [7, 11) is 0. The molecule has 1 aromatic carbocycles. The van der Waals surface area contributed by atoms with Crippen molar-refractivity contribution in [3.8, 4) is 0 Å². The molecule has 104 valence electrons. The van der Waals surface area contributed by atoms with Crippen molar-refractivity contribution in [1.82, 2.24) is 0 Å². The molecule has 20 heavy (non-hydrogen) atoms. The maximum atomic E-state index is 11.2. The molecule has 2 aliphatic carbocycles. The van der Waals surface area contributed by atoms with E-state index < -0.39 is 0 Å². The third-order valence-corrected chi connectivity index (χ3v) is 4.80. The molecule has 0 aromatic heterocycles. The van der Waals surface area contributed by atoms with Crippen molar-refractivity contribution >= 4 is 11.6 Å². The topological polar surface area (TPSA) is 29.4 Å². The van der Waals surface area contributed by atoms with Crippen LogP contribution in [-0.2, 0) is 0 Å². The van der Waals surface area contributed by atoms with Gasteiger partial charge in [0.15, 0.2) is 0 Å². The average molecular weight is 267 g/mol. The minimum absolute atomic E-state index is 0.139. The zero-order chi connectivity index (χ0) is 13.9. The summed E-state index contributed by atoms with van der Waals surface area (Å²) in [6.45, 7) is 3.79. The Morgan fingerprint density at radius 3 is 2.40 bits per heavy atom. The predicted molar refractivity (Wildman–Crippen MR) is 84.2 cm³/mol. The largest absolute Gasteiger partial charge is 0.150 e. The summed E-state index contributed by atoms with van der Waals surface area (Å²) in [5, 5.41) is 3.38. The van der Waals surface area contributed by atoms with Gasteiger partial charge in [-0.2, -0.15) is 4.91 Å². The molecule has 1 atom stereocenters. The molecule has 2 nitrogen and oxygen atoms in total. The van der Waals surface area contributed by atoms with Crippen LogP contribution in [-0.4, -0.2) is 6.04 Å². The molecule has 0 bridgehead atoms. The van der Waals surface area contributed by atoms with Gasteiger partial charge in [-0.15, -0.1) is 0 Å². The van der Waals surface area contributed by atoms with Crippen molar-refractivity contribution in [3.63, 3.8) is 0 Å². The van der Waals surface area contributed by atoms with Crippen molar-refractivity contribution < 1.29 is 0 Å². The van der Waals surface area contributed by atoms with E-state index in [1.54, 1.807) is 0 Å². The molecule has 1 fully saturated rings. The van der Waals surface area contributed by atoms with E-state index in [-0.39, 0.29) is 6.04 Å². The number of rotatable bonds is 4. The number of nitrogens with zero attached hydrogens (tertiary/aromatic N) is 1. The fourth-order valence-electron chi connectivity index (χ4n) is 3.77. The van der Waals surface area contributed by atoms with Gasteiger partial charge in [-0.1, -0.05) is 60.5 Å². The molecule has 0 N–H and O–H groups in total. The average Bonchev–Trinajstić information content (AvgIpc) is 3.15. The van der Waals surface area contributed by atoms with Crippen LogP contribution in [0.3, 0.4) is 0 Å². The highest BCUT2D eigenvalue weighted by atomic mass is 16.3. The zero-order valence-electron chi connectivity index (χ0n) is 11.8. The van der Waals surface area contributed by atoms with E-state index in [1.165, 1.54) is 42.4 Å². The Labute approximate surface area is 120 Å². The lowest BCUT2D eigenvalue weighted by atomic mass is 9.90. The fraction of sp³-hybridized carbons (Fsp3) is 0.444. The van der Waals surface area contributed by atoms with E-state index >= 15 is 0 Å². The van der Waals surface area contributed by atoms with E-state index in [4.69, 9.17) is 0 Å². The summed E-state index contributed by atoms with van der Waals surface area (Å²) in [4.78, 5) is 11.2. The summed E-state index contributed by atoms with van der Waals surface area (Å²) in [5.74, 6) is 0.691. The van der Waals surface area contributed by atoms with Crippen LogP contribution in [0.15, 0.2) is 41.6 Å². The third kappa shape index (κ3) is 2.35. The van der Waals surface area contributed by atoms with Crippen LogP contribution in [0, 0.1) is 10.8 Å². The Balaban J connectivity index is 2.00. The van der Waals surface area contributed by atoms with Crippen LogP contribution >= 0.6 is 0 Å². The maximum absolute atomic E-state index is 11.2. The van der Waals surface area contributed by atoms with Crippen molar-refractivity contribution in [1.29, 1.82) is 0 Å². The summed E-state index contributed by atoms with van der Waals surface area (Å²) < 4.78 is 0. The smallest absolute Gasteiger partial charge is 0.118 e. The maximum Gasteiger partial charge on any atom is 0.118 e. The standard InChI is InChI=1S/C18H21NO/c1-2-13-7-9-15(10-8-13)18-16(11-12-17(18)19-20)14-5-3-4-6-14/h2,7-10,14,17H,1,3-6,11-12H2. The van der Waals surface area contributed by atoms with Gasteiger partial charge < -0.3 is 0 Å². The van der Waals surface area contributed by atoms with Crippen molar-refractivity contribution in [2.24, 2.45) is 11.1 Å². The molecule has 1 saturated carbocycles. The van der Waals surface area contributed by atoms with Gasteiger partial charge in [0.2, 0.25) is 0 Å². The quantitative estimate of drug-likeness (QED) is 0.689. The molecule has 0 aliphatic heterocycles. The molecule has 0 radical (unpaired) electrons. The zero-order valence-corrected chi connectivity index (χ0v) is 11.8. The Bertz CT molecular complexity index is 535. The second kappa shape index (κ2) is 5.74. The summed E-state index contributed by atoms with van der Waals surface area (Å²) in [6, 6.07) is 8.24. The van der Waals surface area contributed by atoms with Gasteiger partial charge in [0.05, 0.1) is 0 Å². The van der Waals surface area contributed by atoms with Crippen LogP contribution in [0.4, 0.5) is 0 Å². The van der Waals surface area contributed by atoms with Crippen molar-refractivity contribution in [2.45, 2.75) is 44.6 Å². The number of benzene rings is 1. The van der Waals surface area contributed by atoms with Crippen LogP contribution in [0.2, 0.25) is 0 Å². The second-order valence-corrected chi connectivity index (χ2v) is 5.91. The number of allylic oxidation sites excluding steroid dienone is 1. The van der Waals surface area contributed by atoms with Crippen LogP contribution in [0.1, 0.15) is 49.7 Å². The second-order valence-electron chi connectivity index (χ2n) is 5.91. The lowest BCUT2D eigenvalue weighted by Crippen LogP contribution is -2.04. The molecular formula is C18H21NO. The molecule has 1 aromatic rings. The Kier molecular flexibility index (Phi) is 3.81. The first-order chi connectivity index (χ1) is 9.83. The molecule has 0 spiro atoms. The number of nitroso groups, excluding NO2 is 1. The van der Waals surface area contributed by atoms with Crippen molar-refractivity contribution in [3.05, 3.63) is 52.5 Å². The number of hydrogen-bond acceptors (Lipinski definition) is 2. The van der Waals surface area contributed by atoms with Gasteiger partial charge in [-0.05, 0) is 48.3 Å². The Hall–Kier alpha value is -1.70. The lowest BCUT2D eigenvalue weighted by molar-refractivity contribution is 0.618. The van der Waals surface area contributed by atoms with Gasteiger partial charge in [-0.25, -0.2) is 0 Å². The molecule has 0 saturated heterocycles. The van der Waals surface area contributed by atoms with E-state index in [9.17, 15) is 4.91 Å². The Morgan fingerprint density at radius 2 is 1.80 bits per heavy atom. The molecule has 2 heteroatoms. The van der Waals surface area contributed by atoms with Gasteiger partial charge in [0.1, 0.15) is 6.04 Å². The molecule has 1 unspecified atom stereocenters. The van der Waals surface area contributed by atoms with Gasteiger partial charge in [-0.3, -0.25) is 0 Å². The van der Waals surface area contributed by atoms with E-state index in [0.717, 1.165) is 18.4 Å². The molecular weight excluding hydrogens is 246 g/mol. The summed E-state index contributed by atoms with van der Waals surface area (Å²) in [6.07, 6.45) is 9.03. The molecule has 0 heterocycles. The summed E-state index contributed by atoms with van der Waals surface area (Å²) in [5.41, 5.74) is 5.03. The first kappa shape index (κ1) is 13.3. The first-order valence-electron chi connectivity index (χ1n) is 7.61. The normalized spacial score (nSPS) is 23.3. The van der Waals surface area contributed by atoms with Crippen LogP contribution in [0.5, 0.6) is 0 Å². The van der Waals surface area contributed by atoms with Gasteiger partial charge in [0.25, 0.3) is 0 Å². The Morgan fingerprint density at radius 1 is 1.10 bits per heavy atom. The van der Waals surface area contributed by atoms with E-state index in [2.05, 4.69) is 36.0 Å². The van der Waals surface area contributed by atoms with Crippen LogP contribution < -0.4 is 0 Å². The lowest BCUT2D eigenvalue weighted by Gasteiger charge is -2.15. The first-order valence-corrected chi connectivity index (χ1v) is 7.61. The fourth-order valence-corrected chi connectivity index (χ4v) is 3.77. The summed E-state index contributed by atoms with van der Waals surface area (Å²) >= 11 is 0. The SMILES string of the molecule is C=Cc1ccc(C2=C(C3CCCC3)CCC2N=O)cc1. The number of hydrogen-bond donors (Lipinski definition) is 0. The van der Waals surface area contributed by atoms with Gasteiger partial charge in [0, 0.05) is 0 Å². The molecule has 3 rings (SSSR count). The molecule has 0 amide bonds.